The van der Waals surface area contributed by atoms with Crippen molar-refractivity contribution < 1.29 is 18.7 Å². The van der Waals surface area contributed by atoms with E-state index in [9.17, 15) is 4.79 Å². The molecule has 1 aliphatic rings. The average molecular weight is 363 g/mol. The summed E-state index contributed by atoms with van der Waals surface area (Å²) >= 11 is 0. The Balaban J connectivity index is 2.08. The predicted octanol–water partition coefficient (Wildman–Crippen LogP) is 4.47. The van der Waals surface area contributed by atoms with Gasteiger partial charge in [-0.25, -0.2) is 4.79 Å². The molecule has 4 nitrogen and oxygen atoms in total. The Morgan fingerprint density at radius 3 is 2.40 bits per heavy atom. The van der Waals surface area contributed by atoms with E-state index in [0.717, 1.165) is 5.56 Å². The van der Waals surface area contributed by atoms with E-state index in [0.29, 0.717) is 18.6 Å². The molecule has 1 aliphatic carbocycles. The van der Waals surface area contributed by atoms with E-state index in [-0.39, 0.29) is 23.2 Å². The van der Waals surface area contributed by atoms with Crippen LogP contribution in [0.1, 0.15) is 32.8 Å². The smallest absolute Gasteiger partial charge is 0.336 e. The Labute approximate surface area is 152 Å². The first-order valence-electron chi connectivity index (χ1n) is 8.77. The van der Waals surface area contributed by atoms with Crippen LogP contribution in [-0.4, -0.2) is 33.6 Å². The van der Waals surface area contributed by atoms with E-state index in [4.69, 9.17) is 13.9 Å². The van der Waals surface area contributed by atoms with Crippen molar-refractivity contribution in [1.82, 2.24) is 0 Å². The minimum atomic E-state index is -1.91. The van der Waals surface area contributed by atoms with Crippen LogP contribution in [0.15, 0.2) is 42.0 Å². The molecule has 138 valence electrons. The SMILES string of the molecule is COC(=O)C1=C[C@H](O[Si](C)(C)C(C)(C)C)C[C@@H]1OCc1ccccc1. The first kappa shape index (κ1) is 19.9. The molecule has 0 heterocycles. The lowest BCUT2D eigenvalue weighted by Crippen LogP contribution is -2.43. The number of hydrogen-bond donors (Lipinski definition) is 0. The maximum absolute atomic E-state index is 12.1. The molecule has 0 aliphatic heterocycles. The van der Waals surface area contributed by atoms with Gasteiger partial charge in [-0.15, -0.1) is 0 Å². The quantitative estimate of drug-likeness (QED) is 0.553. The fourth-order valence-electron chi connectivity index (χ4n) is 2.60. The summed E-state index contributed by atoms with van der Waals surface area (Å²) < 4.78 is 17.4. The normalized spacial score (nSPS) is 21.1. The van der Waals surface area contributed by atoms with Crippen molar-refractivity contribution in [2.75, 3.05) is 7.11 Å². The third-order valence-electron chi connectivity index (χ3n) is 5.13. The van der Waals surface area contributed by atoms with E-state index in [2.05, 4.69) is 33.9 Å². The number of esters is 1. The molecule has 5 heteroatoms. The highest BCUT2D eigenvalue weighted by molar-refractivity contribution is 6.74. The van der Waals surface area contributed by atoms with Gasteiger partial charge in [-0.1, -0.05) is 51.1 Å². The lowest BCUT2D eigenvalue weighted by atomic mass is 10.2. The first-order valence-corrected chi connectivity index (χ1v) is 11.7. The highest BCUT2D eigenvalue weighted by Gasteiger charge is 2.42. The fraction of sp³-hybridized carbons (Fsp3) is 0.550. The van der Waals surface area contributed by atoms with Gasteiger partial charge in [-0.3, -0.25) is 0 Å². The lowest BCUT2D eigenvalue weighted by molar-refractivity contribution is -0.137. The molecule has 0 unspecified atom stereocenters. The molecule has 0 saturated heterocycles. The summed E-state index contributed by atoms with van der Waals surface area (Å²) in [6.07, 6.45) is 2.16. The third kappa shape index (κ3) is 5.03. The number of carbonyl (C=O) groups excluding carboxylic acids is 1. The molecule has 0 saturated carbocycles. The molecule has 0 amide bonds. The molecule has 0 fully saturated rings. The first-order chi connectivity index (χ1) is 11.6. The Bertz CT molecular complexity index is 616. The highest BCUT2D eigenvalue weighted by Crippen LogP contribution is 2.39. The van der Waals surface area contributed by atoms with Gasteiger partial charge in [-0.2, -0.15) is 0 Å². The van der Waals surface area contributed by atoms with E-state index in [1.54, 1.807) is 0 Å². The topological polar surface area (TPSA) is 44.8 Å². The zero-order chi connectivity index (χ0) is 18.7. The zero-order valence-corrected chi connectivity index (χ0v) is 17.2. The third-order valence-corrected chi connectivity index (χ3v) is 9.63. The fourth-order valence-corrected chi connectivity index (χ4v) is 3.87. The van der Waals surface area contributed by atoms with Crippen LogP contribution in [0.3, 0.4) is 0 Å². The van der Waals surface area contributed by atoms with Gasteiger partial charge in [0.25, 0.3) is 0 Å². The van der Waals surface area contributed by atoms with Crippen molar-refractivity contribution >= 4 is 14.3 Å². The second-order valence-corrected chi connectivity index (χ2v) is 12.8. The molecule has 0 spiro atoms. The Morgan fingerprint density at radius 1 is 1.20 bits per heavy atom. The van der Waals surface area contributed by atoms with Crippen molar-refractivity contribution in [3.8, 4) is 0 Å². The molecule has 2 rings (SSSR count). The number of hydrogen-bond acceptors (Lipinski definition) is 4. The average Bonchev–Trinajstić information content (AvgIpc) is 2.94. The predicted molar refractivity (Wildman–Crippen MR) is 102 cm³/mol. The van der Waals surface area contributed by atoms with E-state index >= 15 is 0 Å². The summed E-state index contributed by atoms with van der Waals surface area (Å²) in [6, 6.07) is 9.96. The number of methoxy groups -OCH3 is 1. The van der Waals surface area contributed by atoms with Gasteiger partial charge in [0, 0.05) is 6.42 Å². The molecule has 0 radical (unpaired) electrons. The van der Waals surface area contributed by atoms with Gasteiger partial charge < -0.3 is 13.9 Å². The Hall–Kier alpha value is -1.43. The Morgan fingerprint density at radius 2 is 1.84 bits per heavy atom. The molecule has 25 heavy (non-hydrogen) atoms. The van der Waals surface area contributed by atoms with Gasteiger partial charge in [0.05, 0.1) is 31.5 Å². The monoisotopic (exact) mass is 362 g/mol. The van der Waals surface area contributed by atoms with Crippen molar-refractivity contribution in [2.45, 2.75) is 64.1 Å². The summed E-state index contributed by atoms with van der Waals surface area (Å²) in [4.78, 5) is 12.1. The summed E-state index contributed by atoms with van der Waals surface area (Å²) in [7, 11) is -0.511. The van der Waals surface area contributed by atoms with Gasteiger partial charge in [0.15, 0.2) is 8.32 Å². The molecule has 1 aromatic carbocycles. The summed E-state index contributed by atoms with van der Waals surface area (Å²) in [6.45, 7) is 11.5. The van der Waals surface area contributed by atoms with Gasteiger partial charge in [0.2, 0.25) is 0 Å². The number of benzene rings is 1. The number of carbonyl (C=O) groups is 1. The lowest BCUT2D eigenvalue weighted by Gasteiger charge is -2.38. The maximum atomic E-state index is 12.1. The summed E-state index contributed by atoms with van der Waals surface area (Å²) in [5.41, 5.74) is 1.66. The molecule has 0 bridgehead atoms. The van der Waals surface area contributed by atoms with E-state index < -0.39 is 8.32 Å². The Kier molecular flexibility index (Phi) is 6.24. The van der Waals surface area contributed by atoms with Crippen LogP contribution in [0.25, 0.3) is 0 Å². The minimum Gasteiger partial charge on any atom is -0.466 e. The van der Waals surface area contributed by atoms with Crippen LogP contribution in [0.2, 0.25) is 18.1 Å². The minimum absolute atomic E-state index is 0.101. The van der Waals surface area contributed by atoms with Gasteiger partial charge in [-0.05, 0) is 29.8 Å². The van der Waals surface area contributed by atoms with Crippen molar-refractivity contribution in [3.63, 3.8) is 0 Å². The summed E-state index contributed by atoms with van der Waals surface area (Å²) in [5.74, 6) is -0.334. The highest BCUT2D eigenvalue weighted by atomic mass is 28.4. The van der Waals surface area contributed by atoms with Crippen LogP contribution in [-0.2, 0) is 25.3 Å². The standard InChI is InChI=1S/C20H30O4Si/c1-20(2,3)25(5,6)24-16-12-17(19(21)22-4)18(13-16)23-14-15-10-8-7-9-11-15/h7-12,16,18H,13-14H2,1-6H3/t16-,18-/m0/s1. The van der Waals surface area contributed by atoms with Gasteiger partial charge >= 0.3 is 5.97 Å². The largest absolute Gasteiger partial charge is 0.466 e. The van der Waals surface area contributed by atoms with Crippen LogP contribution in [0.4, 0.5) is 0 Å². The van der Waals surface area contributed by atoms with Crippen molar-refractivity contribution in [2.24, 2.45) is 0 Å². The second-order valence-electron chi connectivity index (χ2n) is 8.05. The number of rotatable bonds is 6. The van der Waals surface area contributed by atoms with Crippen molar-refractivity contribution in [3.05, 3.63) is 47.5 Å². The molecule has 2 atom stereocenters. The maximum Gasteiger partial charge on any atom is 0.336 e. The van der Waals surface area contributed by atoms with Crippen LogP contribution < -0.4 is 0 Å². The summed E-state index contributed by atoms with van der Waals surface area (Å²) in [5, 5.41) is 0.120. The second kappa shape index (κ2) is 7.85. The molecular weight excluding hydrogens is 332 g/mol. The molecule has 1 aromatic rings. The molecule has 0 aromatic heterocycles. The van der Waals surface area contributed by atoms with Crippen molar-refractivity contribution in [1.29, 1.82) is 0 Å². The van der Waals surface area contributed by atoms with Crippen LogP contribution in [0, 0.1) is 0 Å². The van der Waals surface area contributed by atoms with Gasteiger partial charge in [0.1, 0.15) is 0 Å². The van der Waals surface area contributed by atoms with E-state index in [1.807, 2.05) is 36.4 Å². The zero-order valence-electron chi connectivity index (χ0n) is 16.2. The van der Waals surface area contributed by atoms with E-state index in [1.165, 1.54) is 7.11 Å². The molecular formula is C20H30O4Si. The number of ether oxygens (including phenoxy) is 2. The van der Waals surface area contributed by atoms with Crippen LogP contribution >= 0.6 is 0 Å². The van der Waals surface area contributed by atoms with Crippen LogP contribution in [0.5, 0.6) is 0 Å². The molecule has 0 N–H and O–H groups in total.